The first kappa shape index (κ1) is 9.46. The molecule has 0 aliphatic heterocycles. The molecule has 1 heteroatoms. The van der Waals surface area contributed by atoms with Gasteiger partial charge in [0.05, 0.1) is 0 Å². The molecule has 80 valence electrons. The van der Waals surface area contributed by atoms with E-state index in [9.17, 15) is 0 Å². The standard InChI is InChI=1S/C15H15N/c1-15(2)9-5-7-12-11-6-3-4-8-13(11)16-14(12)10-15/h3-10,16H,1-2H3. The first-order valence-corrected chi connectivity index (χ1v) is 5.65. The minimum absolute atomic E-state index is 0.114. The summed E-state index contributed by atoms with van der Waals surface area (Å²) in [4.78, 5) is 3.48. The highest BCUT2D eigenvalue weighted by Crippen LogP contribution is 2.19. The van der Waals surface area contributed by atoms with E-state index in [4.69, 9.17) is 0 Å². The summed E-state index contributed by atoms with van der Waals surface area (Å²) in [5, 5.41) is 3.84. The molecule has 0 atom stereocenters. The van der Waals surface area contributed by atoms with Crippen LogP contribution in [0.1, 0.15) is 13.8 Å². The van der Waals surface area contributed by atoms with Gasteiger partial charge in [0.2, 0.25) is 0 Å². The van der Waals surface area contributed by atoms with Crippen LogP contribution in [0.3, 0.4) is 0 Å². The average molecular weight is 209 g/mol. The first-order chi connectivity index (χ1) is 7.66. The number of aromatic amines is 1. The summed E-state index contributed by atoms with van der Waals surface area (Å²) < 4.78 is 0. The quantitative estimate of drug-likeness (QED) is 0.685. The molecule has 0 spiro atoms. The Morgan fingerprint density at radius 1 is 1.12 bits per heavy atom. The molecule has 0 radical (unpaired) electrons. The van der Waals surface area contributed by atoms with E-state index in [2.05, 4.69) is 67.4 Å². The molecule has 1 nitrogen and oxygen atoms in total. The Bertz CT molecular complexity index is 684. The predicted molar refractivity (Wildman–Crippen MR) is 69.4 cm³/mol. The Morgan fingerprint density at radius 3 is 2.81 bits per heavy atom. The molecular weight excluding hydrogens is 194 g/mol. The molecule has 0 unspecified atom stereocenters. The molecule has 1 aliphatic carbocycles. The third kappa shape index (κ3) is 1.40. The number of rotatable bonds is 0. The zero-order valence-corrected chi connectivity index (χ0v) is 9.62. The van der Waals surface area contributed by atoms with Crippen LogP contribution < -0.4 is 10.6 Å². The second-order valence-corrected chi connectivity index (χ2v) is 4.99. The number of benzene rings is 1. The Balaban J connectivity index is 2.50. The molecule has 1 heterocycles. The number of para-hydroxylation sites is 1. The lowest BCUT2D eigenvalue weighted by molar-refractivity contribution is 0.669. The van der Waals surface area contributed by atoms with E-state index < -0.39 is 0 Å². The van der Waals surface area contributed by atoms with Crippen molar-refractivity contribution in [3.05, 3.63) is 47.0 Å². The molecule has 0 bridgehead atoms. The van der Waals surface area contributed by atoms with Crippen molar-refractivity contribution in [2.24, 2.45) is 5.41 Å². The fraction of sp³-hybridized carbons (Fsp3) is 0.200. The minimum Gasteiger partial charge on any atom is -0.355 e. The van der Waals surface area contributed by atoms with Crippen molar-refractivity contribution in [1.29, 1.82) is 0 Å². The van der Waals surface area contributed by atoms with E-state index in [0.717, 1.165) is 0 Å². The van der Waals surface area contributed by atoms with Gasteiger partial charge in [-0.25, -0.2) is 0 Å². The van der Waals surface area contributed by atoms with E-state index in [1.807, 2.05) is 0 Å². The molecule has 1 N–H and O–H groups in total. The van der Waals surface area contributed by atoms with E-state index in [-0.39, 0.29) is 5.41 Å². The number of allylic oxidation sites excluding steroid dienone is 2. The van der Waals surface area contributed by atoms with Crippen LogP contribution in [0.2, 0.25) is 0 Å². The Kier molecular flexibility index (Phi) is 1.84. The van der Waals surface area contributed by atoms with Gasteiger partial charge in [0.1, 0.15) is 0 Å². The molecule has 0 fully saturated rings. The van der Waals surface area contributed by atoms with Gasteiger partial charge in [-0.3, -0.25) is 0 Å². The van der Waals surface area contributed by atoms with Crippen molar-refractivity contribution in [1.82, 2.24) is 4.98 Å². The zero-order valence-electron chi connectivity index (χ0n) is 9.62. The van der Waals surface area contributed by atoms with Gasteiger partial charge in [-0.1, -0.05) is 56.4 Å². The number of fused-ring (bicyclic) bond motifs is 3. The van der Waals surface area contributed by atoms with Crippen molar-refractivity contribution < 1.29 is 0 Å². The summed E-state index contributed by atoms with van der Waals surface area (Å²) in [5.74, 6) is 0. The molecule has 1 aromatic carbocycles. The van der Waals surface area contributed by atoms with Crippen LogP contribution in [0.15, 0.2) is 36.4 Å². The normalized spacial score (nSPS) is 17.4. The lowest BCUT2D eigenvalue weighted by Crippen LogP contribution is -2.24. The fourth-order valence-corrected chi connectivity index (χ4v) is 2.29. The van der Waals surface area contributed by atoms with Crippen LogP contribution in [0.25, 0.3) is 23.1 Å². The van der Waals surface area contributed by atoms with Gasteiger partial charge < -0.3 is 4.98 Å². The molecule has 0 saturated heterocycles. The van der Waals surface area contributed by atoms with Gasteiger partial charge in [-0.2, -0.15) is 0 Å². The third-order valence-electron chi connectivity index (χ3n) is 3.08. The molecule has 0 amide bonds. The molecular formula is C15H15N. The van der Waals surface area contributed by atoms with Gasteiger partial charge in [-0.15, -0.1) is 0 Å². The molecule has 1 aromatic heterocycles. The highest BCUT2D eigenvalue weighted by atomic mass is 14.7. The van der Waals surface area contributed by atoms with Gasteiger partial charge in [0, 0.05) is 26.9 Å². The summed E-state index contributed by atoms with van der Waals surface area (Å²) in [5.41, 5.74) is 1.33. The van der Waals surface area contributed by atoms with E-state index in [1.165, 1.54) is 21.5 Å². The molecule has 2 aromatic rings. The number of aromatic nitrogens is 1. The van der Waals surface area contributed by atoms with Crippen LogP contribution >= 0.6 is 0 Å². The van der Waals surface area contributed by atoms with Crippen molar-refractivity contribution in [3.63, 3.8) is 0 Å². The molecule has 0 saturated carbocycles. The second kappa shape index (κ2) is 3.11. The SMILES string of the molecule is CC1(C)C=CC=c2c([nH]c3ccccc23)=C1. The van der Waals surface area contributed by atoms with Gasteiger partial charge in [0.25, 0.3) is 0 Å². The van der Waals surface area contributed by atoms with Crippen molar-refractivity contribution in [2.45, 2.75) is 13.8 Å². The topological polar surface area (TPSA) is 15.8 Å². The smallest absolute Gasteiger partial charge is 0.0464 e. The monoisotopic (exact) mass is 209 g/mol. The molecule has 16 heavy (non-hydrogen) atoms. The largest absolute Gasteiger partial charge is 0.355 e. The molecule has 3 rings (SSSR count). The number of hydrogen-bond donors (Lipinski definition) is 1. The average Bonchev–Trinajstić information content (AvgIpc) is 2.48. The lowest BCUT2D eigenvalue weighted by Gasteiger charge is -2.12. The molecule has 1 aliphatic rings. The van der Waals surface area contributed by atoms with Crippen LogP contribution in [-0.2, 0) is 0 Å². The summed E-state index contributed by atoms with van der Waals surface area (Å²) in [6, 6.07) is 8.45. The number of H-pyrrole nitrogens is 1. The summed E-state index contributed by atoms with van der Waals surface area (Å²) in [6.07, 6.45) is 8.87. The van der Waals surface area contributed by atoms with Gasteiger partial charge >= 0.3 is 0 Å². The maximum Gasteiger partial charge on any atom is 0.0464 e. The highest BCUT2D eigenvalue weighted by Gasteiger charge is 2.12. The number of nitrogens with one attached hydrogen (secondary N) is 1. The van der Waals surface area contributed by atoms with Crippen molar-refractivity contribution in [2.75, 3.05) is 0 Å². The summed E-state index contributed by atoms with van der Waals surface area (Å²) >= 11 is 0. The number of hydrogen-bond acceptors (Lipinski definition) is 0. The van der Waals surface area contributed by atoms with Crippen LogP contribution in [-0.4, -0.2) is 4.98 Å². The zero-order chi connectivity index (χ0) is 11.2. The maximum atomic E-state index is 3.48. The summed E-state index contributed by atoms with van der Waals surface area (Å²) in [6.45, 7) is 4.44. The van der Waals surface area contributed by atoms with Crippen LogP contribution in [0.4, 0.5) is 0 Å². The van der Waals surface area contributed by atoms with E-state index in [0.29, 0.717) is 0 Å². The van der Waals surface area contributed by atoms with Crippen molar-refractivity contribution in [3.8, 4) is 0 Å². The minimum atomic E-state index is 0.114. The van der Waals surface area contributed by atoms with E-state index >= 15 is 0 Å². The van der Waals surface area contributed by atoms with Crippen molar-refractivity contribution >= 4 is 23.1 Å². The lowest BCUT2D eigenvalue weighted by atomic mass is 9.93. The first-order valence-electron chi connectivity index (χ1n) is 5.65. The van der Waals surface area contributed by atoms with Crippen LogP contribution in [0.5, 0.6) is 0 Å². The second-order valence-electron chi connectivity index (χ2n) is 4.99. The maximum absolute atomic E-state index is 3.48. The van der Waals surface area contributed by atoms with Gasteiger partial charge in [0.15, 0.2) is 0 Å². The van der Waals surface area contributed by atoms with Gasteiger partial charge in [-0.05, 0) is 6.07 Å². The Hall–Kier alpha value is -1.76. The van der Waals surface area contributed by atoms with Crippen LogP contribution in [0, 0.1) is 5.41 Å². The predicted octanol–water partition coefficient (Wildman–Crippen LogP) is 2.32. The Morgan fingerprint density at radius 2 is 1.94 bits per heavy atom. The highest BCUT2D eigenvalue weighted by molar-refractivity contribution is 5.82. The van der Waals surface area contributed by atoms with E-state index in [1.54, 1.807) is 0 Å². The Labute approximate surface area is 94.8 Å². The third-order valence-corrected chi connectivity index (χ3v) is 3.08. The fourth-order valence-electron chi connectivity index (χ4n) is 2.29. The summed E-state index contributed by atoms with van der Waals surface area (Å²) in [7, 11) is 0.